The summed E-state index contributed by atoms with van der Waals surface area (Å²) < 4.78 is 0. The van der Waals surface area contributed by atoms with Crippen molar-refractivity contribution < 1.29 is 0 Å². The second-order valence-electron chi connectivity index (χ2n) is 3.84. The predicted molar refractivity (Wildman–Crippen MR) is 69.5 cm³/mol. The fourth-order valence-corrected chi connectivity index (χ4v) is 1.59. The first-order valence-corrected chi connectivity index (χ1v) is 5.62. The fraction of sp³-hybridized carbons (Fsp3) is 0.538. The van der Waals surface area contributed by atoms with E-state index in [1.54, 1.807) is 0 Å². The van der Waals surface area contributed by atoms with Gasteiger partial charge in [0.2, 0.25) is 0 Å². The van der Waals surface area contributed by atoms with E-state index in [0.717, 1.165) is 12.8 Å². The summed E-state index contributed by atoms with van der Waals surface area (Å²) in [6.45, 7) is 4.37. The van der Waals surface area contributed by atoms with Gasteiger partial charge in [0.1, 0.15) is 0 Å². The largest absolute Gasteiger partial charge is 0.324 e. The maximum Gasteiger partial charge on any atom is 0.0294 e. The second kappa shape index (κ2) is 7.72. The van der Waals surface area contributed by atoms with Crippen LogP contribution in [0.5, 0.6) is 0 Å². The third-order valence-corrected chi connectivity index (χ3v) is 2.68. The summed E-state index contributed by atoms with van der Waals surface area (Å²) in [5.74, 6) is 0. The van der Waals surface area contributed by atoms with Crippen LogP contribution >= 0.6 is 12.4 Å². The third kappa shape index (κ3) is 4.67. The summed E-state index contributed by atoms with van der Waals surface area (Å²) in [6.07, 6.45) is 4.64. The van der Waals surface area contributed by atoms with Crippen LogP contribution in [0.3, 0.4) is 0 Å². The number of hydrogen-bond donors (Lipinski definition) is 1. The molecule has 0 aliphatic rings. The first-order valence-electron chi connectivity index (χ1n) is 5.62. The van der Waals surface area contributed by atoms with Crippen molar-refractivity contribution in [3.05, 3.63) is 35.4 Å². The SMILES string of the molecule is CCCCC(N)c1ccc(CC)cc1.Cl. The summed E-state index contributed by atoms with van der Waals surface area (Å²) in [7, 11) is 0. The molecule has 0 saturated heterocycles. The van der Waals surface area contributed by atoms with E-state index in [1.807, 2.05) is 0 Å². The molecule has 15 heavy (non-hydrogen) atoms. The van der Waals surface area contributed by atoms with Gasteiger partial charge in [-0.1, -0.05) is 51.0 Å². The molecule has 1 aromatic carbocycles. The molecule has 1 rings (SSSR count). The molecule has 0 heterocycles. The average molecular weight is 228 g/mol. The number of benzene rings is 1. The first-order chi connectivity index (χ1) is 6.77. The van der Waals surface area contributed by atoms with Crippen molar-refractivity contribution in [3.8, 4) is 0 Å². The molecule has 0 amide bonds. The average Bonchev–Trinajstić information content (AvgIpc) is 2.26. The minimum absolute atomic E-state index is 0. The van der Waals surface area contributed by atoms with Gasteiger partial charge in [-0.2, -0.15) is 0 Å². The predicted octanol–water partition coefficient (Wildman–Crippen LogP) is 3.86. The summed E-state index contributed by atoms with van der Waals surface area (Å²) >= 11 is 0. The Balaban J connectivity index is 0.00000196. The van der Waals surface area contributed by atoms with E-state index in [4.69, 9.17) is 5.73 Å². The van der Waals surface area contributed by atoms with Gasteiger partial charge in [0.15, 0.2) is 0 Å². The Hall–Kier alpha value is -0.530. The van der Waals surface area contributed by atoms with Crippen molar-refractivity contribution in [3.63, 3.8) is 0 Å². The van der Waals surface area contributed by atoms with Crippen LogP contribution < -0.4 is 5.73 Å². The number of nitrogens with two attached hydrogens (primary N) is 1. The lowest BCUT2D eigenvalue weighted by molar-refractivity contribution is 0.603. The summed E-state index contributed by atoms with van der Waals surface area (Å²) in [5, 5.41) is 0. The maximum atomic E-state index is 6.07. The van der Waals surface area contributed by atoms with E-state index >= 15 is 0 Å². The number of halogens is 1. The Kier molecular flexibility index (Phi) is 7.45. The first kappa shape index (κ1) is 14.5. The minimum atomic E-state index is 0. The van der Waals surface area contributed by atoms with Gasteiger partial charge in [-0.15, -0.1) is 12.4 Å². The smallest absolute Gasteiger partial charge is 0.0294 e. The summed E-state index contributed by atoms with van der Waals surface area (Å²) in [5.41, 5.74) is 8.73. The van der Waals surface area contributed by atoms with Crippen molar-refractivity contribution in [1.82, 2.24) is 0 Å². The van der Waals surface area contributed by atoms with Crippen LogP contribution in [0.2, 0.25) is 0 Å². The van der Waals surface area contributed by atoms with Crippen LogP contribution in [-0.2, 0) is 6.42 Å². The van der Waals surface area contributed by atoms with Crippen molar-refractivity contribution in [1.29, 1.82) is 0 Å². The zero-order valence-electron chi connectivity index (χ0n) is 9.70. The molecule has 0 aliphatic heterocycles. The molecule has 1 aromatic rings. The zero-order valence-corrected chi connectivity index (χ0v) is 10.5. The number of aryl methyl sites for hydroxylation is 1. The molecule has 1 nitrogen and oxygen atoms in total. The van der Waals surface area contributed by atoms with Gasteiger partial charge in [0.25, 0.3) is 0 Å². The lowest BCUT2D eigenvalue weighted by atomic mass is 10.0. The van der Waals surface area contributed by atoms with E-state index in [-0.39, 0.29) is 18.4 Å². The van der Waals surface area contributed by atoms with E-state index < -0.39 is 0 Å². The number of unbranched alkanes of at least 4 members (excludes halogenated alkanes) is 1. The third-order valence-electron chi connectivity index (χ3n) is 2.68. The Morgan fingerprint density at radius 3 is 2.20 bits per heavy atom. The highest BCUT2D eigenvalue weighted by atomic mass is 35.5. The highest BCUT2D eigenvalue weighted by Crippen LogP contribution is 2.17. The van der Waals surface area contributed by atoms with Crippen molar-refractivity contribution >= 4 is 12.4 Å². The Bertz CT molecular complexity index is 256. The highest BCUT2D eigenvalue weighted by Gasteiger charge is 2.04. The van der Waals surface area contributed by atoms with Crippen LogP contribution in [0.25, 0.3) is 0 Å². The Morgan fingerprint density at radius 1 is 1.13 bits per heavy atom. The van der Waals surface area contributed by atoms with Gasteiger partial charge < -0.3 is 5.73 Å². The molecule has 0 radical (unpaired) electrons. The quantitative estimate of drug-likeness (QED) is 0.812. The maximum absolute atomic E-state index is 6.07. The standard InChI is InChI=1S/C13H21N.ClH/c1-3-5-6-13(14)12-9-7-11(4-2)8-10-12;/h7-10,13H,3-6,14H2,1-2H3;1H. The minimum Gasteiger partial charge on any atom is -0.324 e. The summed E-state index contributed by atoms with van der Waals surface area (Å²) in [4.78, 5) is 0. The molecule has 0 fully saturated rings. The van der Waals surface area contributed by atoms with Crippen molar-refractivity contribution in [2.75, 3.05) is 0 Å². The fourth-order valence-electron chi connectivity index (χ4n) is 1.59. The van der Waals surface area contributed by atoms with Crippen LogP contribution in [0, 0.1) is 0 Å². The van der Waals surface area contributed by atoms with Gasteiger partial charge in [-0.05, 0) is 24.0 Å². The molecule has 0 aliphatic carbocycles. The van der Waals surface area contributed by atoms with Crippen molar-refractivity contribution in [2.45, 2.75) is 45.6 Å². The number of hydrogen-bond acceptors (Lipinski definition) is 1. The molecular formula is C13H22ClN. The molecule has 2 heteroatoms. The van der Waals surface area contributed by atoms with Gasteiger partial charge in [0.05, 0.1) is 0 Å². The summed E-state index contributed by atoms with van der Waals surface area (Å²) in [6, 6.07) is 8.92. The molecule has 86 valence electrons. The molecule has 1 atom stereocenters. The molecule has 0 saturated carbocycles. The molecule has 2 N–H and O–H groups in total. The Labute approximate surface area is 99.5 Å². The second-order valence-corrected chi connectivity index (χ2v) is 3.84. The van der Waals surface area contributed by atoms with Crippen LogP contribution in [0.1, 0.15) is 50.3 Å². The lowest BCUT2D eigenvalue weighted by Crippen LogP contribution is -2.09. The zero-order chi connectivity index (χ0) is 10.4. The topological polar surface area (TPSA) is 26.0 Å². The number of rotatable bonds is 5. The van der Waals surface area contributed by atoms with E-state index in [0.29, 0.717) is 0 Å². The monoisotopic (exact) mass is 227 g/mol. The van der Waals surface area contributed by atoms with Crippen LogP contribution in [-0.4, -0.2) is 0 Å². The molecule has 0 spiro atoms. The molecule has 0 aromatic heterocycles. The Morgan fingerprint density at radius 2 is 1.73 bits per heavy atom. The van der Waals surface area contributed by atoms with Gasteiger partial charge in [-0.3, -0.25) is 0 Å². The van der Waals surface area contributed by atoms with Gasteiger partial charge >= 0.3 is 0 Å². The molecule has 0 bridgehead atoms. The highest BCUT2D eigenvalue weighted by molar-refractivity contribution is 5.85. The molecular weight excluding hydrogens is 206 g/mol. The van der Waals surface area contributed by atoms with E-state index in [2.05, 4.69) is 38.1 Å². The van der Waals surface area contributed by atoms with E-state index in [1.165, 1.54) is 24.0 Å². The van der Waals surface area contributed by atoms with Gasteiger partial charge in [0, 0.05) is 6.04 Å². The van der Waals surface area contributed by atoms with Crippen molar-refractivity contribution in [2.24, 2.45) is 5.73 Å². The lowest BCUT2D eigenvalue weighted by Gasteiger charge is -2.11. The van der Waals surface area contributed by atoms with Crippen LogP contribution in [0.15, 0.2) is 24.3 Å². The van der Waals surface area contributed by atoms with E-state index in [9.17, 15) is 0 Å². The molecule has 1 unspecified atom stereocenters. The van der Waals surface area contributed by atoms with Crippen LogP contribution in [0.4, 0.5) is 0 Å². The normalized spacial score (nSPS) is 11.9. The van der Waals surface area contributed by atoms with Gasteiger partial charge in [-0.25, -0.2) is 0 Å².